The second-order valence-corrected chi connectivity index (χ2v) is 3.28. The topological polar surface area (TPSA) is 37.3 Å². The van der Waals surface area contributed by atoms with E-state index in [1.165, 1.54) is 6.92 Å². The predicted molar refractivity (Wildman–Crippen MR) is 51.4 cm³/mol. The molecule has 1 rings (SSSR count). The van der Waals surface area contributed by atoms with Crippen LogP contribution in [0.15, 0.2) is 24.3 Å². The van der Waals surface area contributed by atoms with Crippen LogP contribution in [0.25, 0.3) is 0 Å². The van der Waals surface area contributed by atoms with Gasteiger partial charge in [-0.15, -0.1) is 0 Å². The number of hydrogen-bond donors (Lipinski definition) is 1. The van der Waals surface area contributed by atoms with Crippen LogP contribution in [0.3, 0.4) is 0 Å². The Morgan fingerprint density at radius 2 is 2.08 bits per heavy atom. The van der Waals surface area contributed by atoms with Gasteiger partial charge in [-0.05, 0) is 25.0 Å². The van der Waals surface area contributed by atoms with Crippen LogP contribution in [0, 0.1) is 6.92 Å². The lowest BCUT2D eigenvalue weighted by Gasteiger charge is -2.11. The molecule has 2 nitrogen and oxygen atoms in total. The first-order valence-electron chi connectivity index (χ1n) is 4.34. The van der Waals surface area contributed by atoms with Gasteiger partial charge >= 0.3 is 0 Å². The summed E-state index contributed by atoms with van der Waals surface area (Å²) in [6.45, 7) is 3.42. The minimum Gasteiger partial charge on any atom is -0.388 e. The molecule has 0 fully saturated rings. The van der Waals surface area contributed by atoms with Crippen molar-refractivity contribution in [1.82, 2.24) is 0 Å². The number of Topliss-reactive ketones (excluding diaryl/α,β-unsaturated/α-hetero) is 1. The fraction of sp³-hybridized carbons (Fsp3) is 0.364. The third kappa shape index (κ3) is 2.67. The van der Waals surface area contributed by atoms with E-state index in [0.29, 0.717) is 0 Å². The number of carbonyl (C=O) groups is 1. The number of benzene rings is 1. The molecule has 0 amide bonds. The molecule has 1 unspecified atom stereocenters. The molecule has 2 heteroatoms. The predicted octanol–water partition coefficient (Wildman–Crippen LogP) is 2.01. The highest BCUT2D eigenvalue weighted by Crippen LogP contribution is 2.19. The van der Waals surface area contributed by atoms with E-state index in [1.54, 1.807) is 0 Å². The van der Waals surface area contributed by atoms with Gasteiger partial charge in [-0.2, -0.15) is 0 Å². The van der Waals surface area contributed by atoms with Crippen LogP contribution >= 0.6 is 0 Å². The lowest BCUT2D eigenvalue weighted by molar-refractivity contribution is -0.118. The van der Waals surface area contributed by atoms with Gasteiger partial charge in [0.1, 0.15) is 5.78 Å². The molecule has 1 atom stereocenters. The summed E-state index contributed by atoms with van der Waals surface area (Å²) in [4.78, 5) is 10.8. The molecule has 0 aliphatic heterocycles. The Hall–Kier alpha value is -1.15. The largest absolute Gasteiger partial charge is 0.388 e. The molecule has 0 saturated carbocycles. The summed E-state index contributed by atoms with van der Waals surface area (Å²) in [5, 5.41) is 9.65. The van der Waals surface area contributed by atoms with E-state index < -0.39 is 6.10 Å². The molecule has 0 radical (unpaired) electrons. The van der Waals surface area contributed by atoms with E-state index in [4.69, 9.17) is 0 Å². The van der Waals surface area contributed by atoms with Crippen molar-refractivity contribution in [3.63, 3.8) is 0 Å². The average molecular weight is 178 g/mol. The fourth-order valence-corrected chi connectivity index (χ4v) is 1.34. The maximum Gasteiger partial charge on any atom is 0.132 e. The summed E-state index contributed by atoms with van der Waals surface area (Å²) in [7, 11) is 0. The molecular weight excluding hydrogens is 164 g/mol. The summed E-state index contributed by atoms with van der Waals surface area (Å²) in [6.07, 6.45) is -0.455. The molecule has 1 aromatic rings. The minimum absolute atomic E-state index is 0.00996. The Morgan fingerprint density at radius 3 is 2.62 bits per heavy atom. The number of carbonyl (C=O) groups excluding carboxylic acids is 1. The van der Waals surface area contributed by atoms with Crippen LogP contribution in [-0.4, -0.2) is 10.9 Å². The van der Waals surface area contributed by atoms with Gasteiger partial charge in [-0.3, -0.25) is 4.79 Å². The standard InChI is InChI=1S/C11H14O2/c1-8-5-3-4-6-10(8)11(13)7-9(2)12/h3-6,11,13H,7H2,1-2H3. The van der Waals surface area contributed by atoms with Gasteiger partial charge in [0, 0.05) is 6.42 Å². The van der Waals surface area contributed by atoms with E-state index in [0.717, 1.165) is 11.1 Å². The fourth-order valence-electron chi connectivity index (χ4n) is 1.34. The molecule has 0 aliphatic rings. The van der Waals surface area contributed by atoms with Gasteiger partial charge < -0.3 is 5.11 Å². The monoisotopic (exact) mass is 178 g/mol. The van der Waals surface area contributed by atoms with Gasteiger partial charge in [0.15, 0.2) is 0 Å². The van der Waals surface area contributed by atoms with Gasteiger partial charge in [-0.1, -0.05) is 24.3 Å². The van der Waals surface area contributed by atoms with Crippen LogP contribution in [0.1, 0.15) is 30.6 Å². The van der Waals surface area contributed by atoms with Crippen molar-refractivity contribution >= 4 is 5.78 Å². The summed E-state index contributed by atoms with van der Waals surface area (Å²) >= 11 is 0. The highest BCUT2D eigenvalue weighted by Gasteiger charge is 2.11. The normalized spacial score (nSPS) is 12.5. The molecule has 0 saturated heterocycles. The van der Waals surface area contributed by atoms with Crippen LogP contribution in [0.4, 0.5) is 0 Å². The second-order valence-electron chi connectivity index (χ2n) is 3.28. The first kappa shape index (κ1) is 9.93. The summed E-state index contributed by atoms with van der Waals surface area (Å²) in [5.74, 6) is 0.00996. The molecule has 70 valence electrons. The molecule has 1 aromatic carbocycles. The quantitative estimate of drug-likeness (QED) is 0.768. The van der Waals surface area contributed by atoms with E-state index >= 15 is 0 Å². The van der Waals surface area contributed by atoms with Crippen LogP contribution < -0.4 is 0 Å². The van der Waals surface area contributed by atoms with Crippen molar-refractivity contribution in [2.75, 3.05) is 0 Å². The van der Waals surface area contributed by atoms with Crippen molar-refractivity contribution in [2.45, 2.75) is 26.4 Å². The van der Waals surface area contributed by atoms with Crippen molar-refractivity contribution < 1.29 is 9.90 Å². The zero-order valence-corrected chi connectivity index (χ0v) is 7.95. The minimum atomic E-state index is -0.654. The van der Waals surface area contributed by atoms with Crippen molar-refractivity contribution in [3.8, 4) is 0 Å². The van der Waals surface area contributed by atoms with Crippen LogP contribution in [0.5, 0.6) is 0 Å². The highest BCUT2D eigenvalue weighted by molar-refractivity contribution is 5.76. The number of ketones is 1. The zero-order chi connectivity index (χ0) is 9.84. The Kier molecular flexibility index (Phi) is 3.20. The summed E-state index contributed by atoms with van der Waals surface area (Å²) in [5.41, 5.74) is 1.87. The van der Waals surface area contributed by atoms with Crippen LogP contribution in [0.2, 0.25) is 0 Å². The number of aliphatic hydroxyl groups is 1. The molecule has 13 heavy (non-hydrogen) atoms. The molecular formula is C11H14O2. The first-order valence-corrected chi connectivity index (χ1v) is 4.34. The van der Waals surface area contributed by atoms with Crippen molar-refractivity contribution in [2.24, 2.45) is 0 Å². The molecule has 0 aromatic heterocycles. The van der Waals surface area contributed by atoms with Gasteiger partial charge in [-0.25, -0.2) is 0 Å². The lowest BCUT2D eigenvalue weighted by Crippen LogP contribution is -2.04. The van der Waals surface area contributed by atoms with E-state index in [2.05, 4.69) is 0 Å². The Balaban J connectivity index is 2.82. The average Bonchev–Trinajstić information content (AvgIpc) is 2.03. The first-order chi connectivity index (χ1) is 6.11. The maximum atomic E-state index is 10.8. The highest BCUT2D eigenvalue weighted by atomic mass is 16.3. The molecule has 0 bridgehead atoms. The van der Waals surface area contributed by atoms with Crippen molar-refractivity contribution in [1.29, 1.82) is 0 Å². The van der Waals surface area contributed by atoms with E-state index in [1.807, 2.05) is 31.2 Å². The molecule has 0 spiro atoms. The van der Waals surface area contributed by atoms with Gasteiger partial charge in [0.05, 0.1) is 6.10 Å². The number of rotatable bonds is 3. The smallest absolute Gasteiger partial charge is 0.132 e. The van der Waals surface area contributed by atoms with Crippen molar-refractivity contribution in [3.05, 3.63) is 35.4 Å². The Labute approximate surface area is 78.2 Å². The third-order valence-corrected chi connectivity index (χ3v) is 2.03. The molecule has 1 N–H and O–H groups in total. The SMILES string of the molecule is CC(=O)CC(O)c1ccccc1C. The summed E-state index contributed by atoms with van der Waals surface area (Å²) in [6, 6.07) is 7.56. The van der Waals surface area contributed by atoms with Crippen LogP contribution in [-0.2, 0) is 4.79 Å². The molecule has 0 aliphatic carbocycles. The summed E-state index contributed by atoms with van der Waals surface area (Å²) < 4.78 is 0. The van der Waals surface area contributed by atoms with E-state index in [9.17, 15) is 9.90 Å². The number of aryl methyl sites for hydroxylation is 1. The number of hydrogen-bond acceptors (Lipinski definition) is 2. The second kappa shape index (κ2) is 4.19. The third-order valence-electron chi connectivity index (χ3n) is 2.03. The van der Waals surface area contributed by atoms with Gasteiger partial charge in [0.25, 0.3) is 0 Å². The lowest BCUT2D eigenvalue weighted by atomic mass is 10.0. The Morgan fingerprint density at radius 1 is 1.46 bits per heavy atom. The van der Waals surface area contributed by atoms with E-state index in [-0.39, 0.29) is 12.2 Å². The van der Waals surface area contributed by atoms with Gasteiger partial charge in [0.2, 0.25) is 0 Å². The number of aliphatic hydroxyl groups excluding tert-OH is 1. The Bertz CT molecular complexity index is 305. The molecule has 0 heterocycles. The zero-order valence-electron chi connectivity index (χ0n) is 7.95. The maximum absolute atomic E-state index is 10.8.